The van der Waals surface area contributed by atoms with Crippen molar-refractivity contribution in [1.82, 2.24) is 14.6 Å². The largest absolute Gasteiger partial charge is 0.368 e. The molecule has 0 saturated carbocycles. The molecule has 0 atom stereocenters. The minimum atomic E-state index is 0.356. The van der Waals surface area contributed by atoms with E-state index in [0.717, 1.165) is 22.4 Å². The van der Waals surface area contributed by atoms with Gasteiger partial charge >= 0.3 is 0 Å². The average molecular weight is 302 g/mol. The van der Waals surface area contributed by atoms with Crippen LogP contribution in [0.25, 0.3) is 11.1 Å². The Bertz CT molecular complexity index is 900. The van der Waals surface area contributed by atoms with Crippen LogP contribution in [-0.4, -0.2) is 20.9 Å². The summed E-state index contributed by atoms with van der Waals surface area (Å²) in [6, 6.07) is 11.7. The maximum atomic E-state index is 8.93. The van der Waals surface area contributed by atoms with Gasteiger partial charge in [-0.2, -0.15) is 10.4 Å². The van der Waals surface area contributed by atoms with Crippen molar-refractivity contribution < 1.29 is 0 Å². The number of nitrogens with zero attached hydrogens (tertiary/aromatic N) is 5. The molecule has 2 N–H and O–H groups in total. The molecule has 0 aliphatic rings. The van der Waals surface area contributed by atoms with Gasteiger partial charge in [-0.15, -0.1) is 0 Å². The Kier molecular flexibility index (Phi) is 3.85. The number of nitrogen functional groups attached to an aromatic ring is 1. The second kappa shape index (κ2) is 6.12. The smallest absolute Gasteiger partial charge is 0.221 e. The van der Waals surface area contributed by atoms with Gasteiger partial charge in [-0.3, -0.25) is 4.98 Å². The first kappa shape index (κ1) is 14.5. The molecule has 1 aromatic carbocycles. The van der Waals surface area contributed by atoms with Gasteiger partial charge in [-0.05, 0) is 24.1 Å². The van der Waals surface area contributed by atoms with Crippen molar-refractivity contribution in [1.29, 1.82) is 5.26 Å². The zero-order valence-electron chi connectivity index (χ0n) is 12.5. The van der Waals surface area contributed by atoms with Gasteiger partial charge in [0.25, 0.3) is 0 Å². The Balaban J connectivity index is 1.82. The van der Waals surface area contributed by atoms with E-state index in [-0.39, 0.29) is 0 Å². The summed E-state index contributed by atoms with van der Waals surface area (Å²) in [5.41, 5.74) is 9.93. The van der Waals surface area contributed by atoms with E-state index < -0.39 is 0 Å². The standard InChI is InChI=1S/C17H14N6/c1-12-11-23(17(19)22-12)21-9-13-2-4-15(5-3-13)16-6-14(7-18)8-20-10-16/h2-6,8-11H,1H3,(H2,19,22). The van der Waals surface area contributed by atoms with Gasteiger partial charge in [-0.1, -0.05) is 24.3 Å². The van der Waals surface area contributed by atoms with E-state index >= 15 is 0 Å². The third-order valence-electron chi connectivity index (χ3n) is 3.28. The molecule has 0 fully saturated rings. The number of hydrogen-bond donors (Lipinski definition) is 1. The molecule has 0 aliphatic heterocycles. The summed E-state index contributed by atoms with van der Waals surface area (Å²) < 4.78 is 1.53. The molecule has 3 rings (SSSR count). The average Bonchev–Trinajstić information content (AvgIpc) is 2.91. The SMILES string of the molecule is Cc1cn(N=Cc2ccc(-c3cncc(C#N)c3)cc2)c(N)n1. The summed E-state index contributed by atoms with van der Waals surface area (Å²) in [6.45, 7) is 1.86. The number of rotatable bonds is 3. The molecule has 2 heterocycles. The molecule has 0 amide bonds. The van der Waals surface area contributed by atoms with E-state index in [1.54, 1.807) is 24.8 Å². The number of anilines is 1. The number of nitrogens with two attached hydrogens (primary N) is 1. The summed E-state index contributed by atoms with van der Waals surface area (Å²) in [7, 11) is 0. The molecular weight excluding hydrogens is 288 g/mol. The van der Waals surface area contributed by atoms with Crippen molar-refractivity contribution in [2.75, 3.05) is 5.73 Å². The van der Waals surface area contributed by atoms with Crippen molar-refractivity contribution in [3.8, 4) is 17.2 Å². The van der Waals surface area contributed by atoms with Gasteiger partial charge < -0.3 is 5.73 Å². The van der Waals surface area contributed by atoms with Crippen LogP contribution in [0.1, 0.15) is 16.8 Å². The van der Waals surface area contributed by atoms with Crippen LogP contribution in [0.15, 0.2) is 54.0 Å². The Hall–Kier alpha value is -3.46. The molecule has 6 heteroatoms. The third-order valence-corrected chi connectivity index (χ3v) is 3.28. The number of imidazole rings is 1. The van der Waals surface area contributed by atoms with Crippen LogP contribution in [0.5, 0.6) is 0 Å². The highest BCUT2D eigenvalue weighted by Crippen LogP contribution is 2.19. The molecule has 23 heavy (non-hydrogen) atoms. The number of benzene rings is 1. The Morgan fingerprint density at radius 2 is 2.00 bits per heavy atom. The van der Waals surface area contributed by atoms with Crippen molar-refractivity contribution >= 4 is 12.2 Å². The van der Waals surface area contributed by atoms with Gasteiger partial charge in [0, 0.05) is 18.0 Å². The maximum absolute atomic E-state index is 8.93. The number of aryl methyl sites for hydroxylation is 1. The molecule has 0 unspecified atom stereocenters. The molecule has 0 saturated heterocycles. The fraction of sp³-hybridized carbons (Fsp3) is 0.0588. The maximum Gasteiger partial charge on any atom is 0.221 e. The quantitative estimate of drug-likeness (QED) is 0.752. The van der Waals surface area contributed by atoms with Crippen molar-refractivity contribution in [3.63, 3.8) is 0 Å². The van der Waals surface area contributed by atoms with E-state index in [1.807, 2.05) is 37.3 Å². The Morgan fingerprint density at radius 1 is 1.22 bits per heavy atom. The highest BCUT2D eigenvalue weighted by molar-refractivity contribution is 5.81. The topological polar surface area (TPSA) is 92.9 Å². The normalized spacial score (nSPS) is 10.8. The molecule has 0 bridgehead atoms. The molecule has 0 aliphatic carbocycles. The summed E-state index contributed by atoms with van der Waals surface area (Å²) >= 11 is 0. The molecule has 112 valence electrons. The first-order valence-corrected chi connectivity index (χ1v) is 6.97. The fourth-order valence-electron chi connectivity index (χ4n) is 2.15. The highest BCUT2D eigenvalue weighted by Gasteiger charge is 2.01. The highest BCUT2D eigenvalue weighted by atomic mass is 15.4. The summed E-state index contributed by atoms with van der Waals surface area (Å²) in [4.78, 5) is 8.16. The van der Waals surface area contributed by atoms with Crippen molar-refractivity contribution in [2.45, 2.75) is 6.92 Å². The number of pyridine rings is 1. The van der Waals surface area contributed by atoms with Crippen LogP contribution >= 0.6 is 0 Å². The van der Waals surface area contributed by atoms with Gasteiger partial charge in [0.1, 0.15) is 6.07 Å². The monoisotopic (exact) mass is 302 g/mol. The van der Waals surface area contributed by atoms with Crippen LogP contribution in [0, 0.1) is 18.3 Å². The molecule has 3 aromatic rings. The first-order chi connectivity index (χ1) is 11.2. The predicted molar refractivity (Wildman–Crippen MR) is 88.8 cm³/mol. The van der Waals surface area contributed by atoms with E-state index in [9.17, 15) is 0 Å². The van der Waals surface area contributed by atoms with E-state index in [0.29, 0.717) is 11.5 Å². The second-order valence-corrected chi connectivity index (χ2v) is 5.03. The zero-order chi connectivity index (χ0) is 16.2. The predicted octanol–water partition coefficient (Wildman–Crippen LogP) is 2.59. The number of hydrogen-bond acceptors (Lipinski definition) is 5. The summed E-state index contributed by atoms with van der Waals surface area (Å²) in [5.74, 6) is 0.356. The molecule has 0 radical (unpaired) electrons. The zero-order valence-corrected chi connectivity index (χ0v) is 12.5. The van der Waals surface area contributed by atoms with Gasteiger partial charge in [0.15, 0.2) is 0 Å². The fourth-order valence-corrected chi connectivity index (χ4v) is 2.15. The second-order valence-electron chi connectivity index (χ2n) is 5.03. The van der Waals surface area contributed by atoms with Gasteiger partial charge in [0.2, 0.25) is 5.95 Å². The lowest BCUT2D eigenvalue weighted by Gasteiger charge is -2.02. The minimum absolute atomic E-state index is 0.356. The minimum Gasteiger partial charge on any atom is -0.368 e. The van der Waals surface area contributed by atoms with Crippen molar-refractivity contribution in [2.24, 2.45) is 5.10 Å². The van der Waals surface area contributed by atoms with E-state index in [4.69, 9.17) is 11.0 Å². The first-order valence-electron chi connectivity index (χ1n) is 6.97. The van der Waals surface area contributed by atoms with Crippen molar-refractivity contribution in [3.05, 3.63) is 65.7 Å². The lowest BCUT2D eigenvalue weighted by molar-refractivity contribution is 0.897. The number of aromatic nitrogens is 3. The molecule has 6 nitrogen and oxygen atoms in total. The Labute approximate surface area is 133 Å². The lowest BCUT2D eigenvalue weighted by Crippen LogP contribution is -1.96. The van der Waals surface area contributed by atoms with Crippen LogP contribution in [0.4, 0.5) is 5.95 Å². The number of nitriles is 1. The van der Waals surface area contributed by atoms with Crippen LogP contribution in [0.2, 0.25) is 0 Å². The van der Waals surface area contributed by atoms with E-state index in [2.05, 4.69) is 21.1 Å². The molecule has 0 spiro atoms. The Morgan fingerprint density at radius 3 is 2.65 bits per heavy atom. The van der Waals surface area contributed by atoms with Gasteiger partial charge in [-0.25, -0.2) is 9.66 Å². The van der Waals surface area contributed by atoms with E-state index in [1.165, 1.54) is 4.68 Å². The summed E-state index contributed by atoms with van der Waals surface area (Å²) in [6.07, 6.45) is 6.76. The van der Waals surface area contributed by atoms with Crippen LogP contribution < -0.4 is 5.73 Å². The lowest BCUT2D eigenvalue weighted by atomic mass is 10.0. The molecule has 2 aromatic heterocycles. The third kappa shape index (κ3) is 3.24. The van der Waals surface area contributed by atoms with Crippen LogP contribution in [0.3, 0.4) is 0 Å². The van der Waals surface area contributed by atoms with Gasteiger partial charge in [0.05, 0.1) is 23.7 Å². The van der Waals surface area contributed by atoms with Crippen LogP contribution in [-0.2, 0) is 0 Å². The molecular formula is C17H14N6. The summed E-state index contributed by atoms with van der Waals surface area (Å²) in [5, 5.41) is 13.2.